The maximum atomic E-state index is 8.67. The summed E-state index contributed by atoms with van der Waals surface area (Å²) >= 11 is 0. The number of aliphatic hydroxyl groups is 1. The van der Waals surface area contributed by atoms with Gasteiger partial charge in [0.05, 0.1) is 25.9 Å². The molecular formula is C21H44N2O4. The summed E-state index contributed by atoms with van der Waals surface area (Å²) in [6.45, 7) is 15.1. The van der Waals surface area contributed by atoms with Crippen LogP contribution in [-0.2, 0) is 14.2 Å². The lowest BCUT2D eigenvalue weighted by atomic mass is 10.0. The van der Waals surface area contributed by atoms with Gasteiger partial charge in [-0.15, -0.1) is 0 Å². The zero-order valence-electron chi connectivity index (χ0n) is 17.9. The first kappa shape index (κ1) is 24.2. The highest BCUT2D eigenvalue weighted by molar-refractivity contribution is 4.97. The van der Waals surface area contributed by atoms with E-state index in [1.807, 2.05) is 13.8 Å². The van der Waals surface area contributed by atoms with E-state index < -0.39 is 0 Å². The number of hydrogen-bond acceptors (Lipinski definition) is 6. The molecule has 2 atom stereocenters. The SMILES string of the molecule is C1CO[C@H]([C@@H]2CCOC2)CN1.CC.CC(C)N1C=C(CCCCO)OCC1.[HH]. The van der Waals surface area contributed by atoms with E-state index in [-0.39, 0.29) is 8.03 Å². The summed E-state index contributed by atoms with van der Waals surface area (Å²) in [5, 5.41) is 12.0. The molecule has 0 aromatic carbocycles. The Hall–Kier alpha value is -0.820. The van der Waals surface area contributed by atoms with Crippen LogP contribution in [0.1, 0.15) is 54.8 Å². The van der Waals surface area contributed by atoms with Gasteiger partial charge in [0.2, 0.25) is 0 Å². The average molecular weight is 389 g/mol. The molecule has 0 amide bonds. The van der Waals surface area contributed by atoms with Crippen LogP contribution in [0.3, 0.4) is 0 Å². The minimum Gasteiger partial charge on any atom is -0.495 e. The van der Waals surface area contributed by atoms with Crippen molar-refractivity contribution in [2.45, 2.75) is 65.5 Å². The minimum absolute atomic E-state index is 0. The summed E-state index contributed by atoms with van der Waals surface area (Å²) in [4.78, 5) is 2.30. The van der Waals surface area contributed by atoms with Gasteiger partial charge in [-0.1, -0.05) is 13.8 Å². The third kappa shape index (κ3) is 9.79. The fourth-order valence-electron chi connectivity index (χ4n) is 3.26. The van der Waals surface area contributed by atoms with Gasteiger partial charge >= 0.3 is 0 Å². The van der Waals surface area contributed by atoms with Crippen molar-refractivity contribution < 1.29 is 20.7 Å². The van der Waals surface area contributed by atoms with E-state index in [1.165, 1.54) is 6.42 Å². The first-order chi connectivity index (χ1) is 13.2. The Morgan fingerprint density at radius 2 is 2.07 bits per heavy atom. The molecule has 0 saturated carbocycles. The van der Waals surface area contributed by atoms with Crippen LogP contribution in [0.4, 0.5) is 0 Å². The molecule has 27 heavy (non-hydrogen) atoms. The highest BCUT2D eigenvalue weighted by atomic mass is 16.5. The van der Waals surface area contributed by atoms with Gasteiger partial charge in [0.1, 0.15) is 12.4 Å². The summed E-state index contributed by atoms with van der Waals surface area (Å²) in [7, 11) is 0. The summed E-state index contributed by atoms with van der Waals surface area (Å²) in [6.07, 6.45) is 6.52. The molecule has 0 aromatic rings. The number of nitrogens with one attached hydrogen (secondary N) is 1. The van der Waals surface area contributed by atoms with Gasteiger partial charge in [0.25, 0.3) is 0 Å². The van der Waals surface area contributed by atoms with Crippen molar-refractivity contribution in [3.05, 3.63) is 12.0 Å². The van der Waals surface area contributed by atoms with E-state index in [0.29, 0.717) is 18.1 Å². The highest BCUT2D eigenvalue weighted by Gasteiger charge is 2.27. The van der Waals surface area contributed by atoms with Crippen LogP contribution < -0.4 is 5.32 Å². The third-order valence-corrected chi connectivity index (χ3v) is 4.89. The van der Waals surface area contributed by atoms with Crippen molar-refractivity contribution in [1.29, 1.82) is 0 Å². The standard InChI is InChI=1S/C11H21NO2.C8H15NO2.C2H6.H2/c1-10(2)12-6-8-14-11(9-12)5-3-4-7-13;1-3-10-6-7(1)8-5-9-2-4-11-8;1-2;/h9-10,13H,3-8H2,1-2H3;7-9H,1-6H2;1-2H3;1H/t;7-,8+;;/m.1../s1. The Morgan fingerprint density at radius 1 is 1.26 bits per heavy atom. The number of ether oxygens (including phenoxy) is 3. The lowest BCUT2D eigenvalue weighted by Crippen LogP contribution is -2.42. The molecule has 2 saturated heterocycles. The number of unbranched alkanes of at least 4 members (excludes halogenated alkanes) is 1. The Bertz CT molecular complexity index is 385. The predicted molar refractivity (Wildman–Crippen MR) is 112 cm³/mol. The summed E-state index contributed by atoms with van der Waals surface area (Å²) in [6, 6.07) is 0.548. The number of nitrogens with zero attached hydrogens (tertiary/aromatic N) is 1. The van der Waals surface area contributed by atoms with Crippen LogP contribution >= 0.6 is 0 Å². The van der Waals surface area contributed by atoms with E-state index in [9.17, 15) is 0 Å². The van der Waals surface area contributed by atoms with Crippen molar-refractivity contribution in [2.75, 3.05) is 52.7 Å². The molecule has 0 aliphatic carbocycles. The second kappa shape index (κ2) is 15.1. The van der Waals surface area contributed by atoms with Gasteiger partial charge < -0.3 is 29.5 Å². The molecule has 162 valence electrons. The fraction of sp³-hybridized carbons (Fsp3) is 0.905. The van der Waals surface area contributed by atoms with Gasteiger partial charge in [0, 0.05) is 52.3 Å². The molecule has 0 aromatic heterocycles. The van der Waals surface area contributed by atoms with E-state index >= 15 is 0 Å². The molecule has 2 fully saturated rings. The van der Waals surface area contributed by atoms with Gasteiger partial charge in [-0.2, -0.15) is 0 Å². The number of hydrogen-bond donors (Lipinski definition) is 2. The van der Waals surface area contributed by atoms with Gasteiger partial charge in [-0.05, 0) is 33.1 Å². The van der Waals surface area contributed by atoms with Crippen LogP contribution in [-0.4, -0.2) is 74.8 Å². The average Bonchev–Trinajstić information content (AvgIpc) is 3.26. The number of allylic oxidation sites excluding steroid dienone is 1. The lowest BCUT2D eigenvalue weighted by Gasteiger charge is -2.30. The number of morpholine rings is 1. The zero-order chi connectivity index (χ0) is 19.9. The van der Waals surface area contributed by atoms with Crippen LogP contribution in [0.2, 0.25) is 0 Å². The maximum Gasteiger partial charge on any atom is 0.112 e. The lowest BCUT2D eigenvalue weighted by molar-refractivity contribution is -0.0113. The van der Waals surface area contributed by atoms with E-state index in [1.54, 1.807) is 0 Å². The second-order valence-corrected chi connectivity index (χ2v) is 7.19. The molecule has 2 N–H and O–H groups in total. The molecule has 6 heteroatoms. The van der Waals surface area contributed by atoms with Crippen molar-refractivity contribution in [3.63, 3.8) is 0 Å². The number of aliphatic hydroxyl groups excluding tert-OH is 1. The fourth-order valence-corrected chi connectivity index (χ4v) is 3.26. The van der Waals surface area contributed by atoms with E-state index in [4.69, 9.17) is 19.3 Å². The van der Waals surface area contributed by atoms with Crippen LogP contribution in [0, 0.1) is 5.92 Å². The third-order valence-electron chi connectivity index (χ3n) is 4.89. The summed E-state index contributed by atoms with van der Waals surface area (Å²) in [5.74, 6) is 1.71. The molecule has 6 nitrogen and oxygen atoms in total. The normalized spacial score (nSPS) is 25.0. The smallest absolute Gasteiger partial charge is 0.112 e. The van der Waals surface area contributed by atoms with Crippen molar-refractivity contribution >= 4 is 0 Å². The highest BCUT2D eigenvalue weighted by Crippen LogP contribution is 2.19. The first-order valence-corrected chi connectivity index (χ1v) is 10.8. The maximum absolute atomic E-state index is 8.67. The molecule has 0 radical (unpaired) electrons. The second-order valence-electron chi connectivity index (χ2n) is 7.19. The van der Waals surface area contributed by atoms with Crippen LogP contribution in [0.15, 0.2) is 12.0 Å². The summed E-state index contributed by atoms with van der Waals surface area (Å²) < 4.78 is 16.5. The largest absolute Gasteiger partial charge is 0.495 e. The van der Waals surface area contributed by atoms with E-state index in [2.05, 4.69) is 30.3 Å². The Balaban J connectivity index is 0.000000471. The summed E-state index contributed by atoms with van der Waals surface area (Å²) in [5.41, 5.74) is 0. The molecule has 3 aliphatic heterocycles. The minimum atomic E-state index is 0. The molecule has 3 aliphatic rings. The molecule has 3 rings (SSSR count). The first-order valence-electron chi connectivity index (χ1n) is 10.8. The molecule has 0 unspecified atom stereocenters. The monoisotopic (exact) mass is 388 g/mol. The number of rotatable bonds is 6. The van der Waals surface area contributed by atoms with Crippen LogP contribution in [0.25, 0.3) is 0 Å². The van der Waals surface area contributed by atoms with Gasteiger partial charge in [0.15, 0.2) is 0 Å². The molecular weight excluding hydrogens is 344 g/mol. The van der Waals surface area contributed by atoms with Crippen molar-refractivity contribution in [1.82, 2.24) is 10.2 Å². The Labute approximate surface area is 167 Å². The van der Waals surface area contributed by atoms with E-state index in [0.717, 1.165) is 71.1 Å². The van der Waals surface area contributed by atoms with Gasteiger partial charge in [-0.25, -0.2) is 0 Å². The quantitative estimate of drug-likeness (QED) is 0.682. The molecule has 0 spiro atoms. The predicted octanol–water partition coefficient (Wildman–Crippen LogP) is 3.01. The Morgan fingerprint density at radius 3 is 2.67 bits per heavy atom. The topological polar surface area (TPSA) is 63.2 Å². The van der Waals surface area contributed by atoms with Crippen LogP contribution in [0.5, 0.6) is 0 Å². The van der Waals surface area contributed by atoms with Crippen molar-refractivity contribution in [2.24, 2.45) is 5.92 Å². The van der Waals surface area contributed by atoms with Gasteiger partial charge in [-0.3, -0.25) is 0 Å². The van der Waals surface area contributed by atoms with Crippen molar-refractivity contribution in [3.8, 4) is 0 Å². The molecule has 3 heterocycles. The zero-order valence-corrected chi connectivity index (χ0v) is 17.9. The Kier molecular flexibility index (Phi) is 13.6. The molecule has 0 bridgehead atoms.